The van der Waals surface area contributed by atoms with E-state index in [1.165, 1.54) is 51.4 Å². The van der Waals surface area contributed by atoms with Crippen molar-refractivity contribution in [1.82, 2.24) is 0 Å². The van der Waals surface area contributed by atoms with Gasteiger partial charge in [-0.1, -0.05) is 12.2 Å². The first-order chi connectivity index (χ1) is 8.83. The average molecular weight is 349 g/mol. The zero-order valence-corrected chi connectivity index (χ0v) is 15.3. The molecule has 2 radical (unpaired) electrons. The summed E-state index contributed by atoms with van der Waals surface area (Å²) in [6, 6.07) is 0. The maximum Gasteiger partial charge on any atom is 0 e. The van der Waals surface area contributed by atoms with Crippen LogP contribution < -0.4 is 0 Å². The van der Waals surface area contributed by atoms with Crippen molar-refractivity contribution in [2.45, 2.75) is 51.4 Å². The molecule has 0 atom stereocenters. The number of rotatable bonds is 3. The number of hydrogen-bond acceptors (Lipinski definition) is 0. The molecule has 0 bridgehead atoms. The second-order valence-corrected chi connectivity index (χ2v) is 5.82. The van der Waals surface area contributed by atoms with Crippen molar-refractivity contribution < 1.29 is 40.0 Å². The van der Waals surface area contributed by atoms with Gasteiger partial charge in [0.2, 0.25) is 0 Å². The van der Waals surface area contributed by atoms with Gasteiger partial charge in [0.15, 0.2) is 0 Å². The summed E-state index contributed by atoms with van der Waals surface area (Å²) in [4.78, 5) is 0. The van der Waals surface area contributed by atoms with Gasteiger partial charge in [-0.15, -0.1) is 13.2 Å². The fraction of sp³-hybridized carbons (Fsp3) is 0.667. The Morgan fingerprint density at radius 2 is 0.950 bits per heavy atom. The predicted molar refractivity (Wildman–Crippen MR) is 83.7 cm³/mol. The maximum atomic E-state index is 5.25. The fourth-order valence-corrected chi connectivity index (χ4v) is 3.70. The molecule has 0 aromatic heterocycles. The molecule has 2 aliphatic carbocycles. The molecule has 0 aromatic carbocycles. The third-order valence-electron chi connectivity index (χ3n) is 4.97. The maximum absolute atomic E-state index is 5.25. The van der Waals surface area contributed by atoms with Crippen molar-refractivity contribution in [3.8, 4) is 6.42 Å². The van der Waals surface area contributed by atoms with Gasteiger partial charge in [0.1, 0.15) is 0 Å². The van der Waals surface area contributed by atoms with E-state index in [0.29, 0.717) is 0 Å². The Kier molecular flexibility index (Phi) is 14.5. The van der Waals surface area contributed by atoms with Crippen LogP contribution in [-0.2, 0) is 37.1 Å². The quantitative estimate of drug-likeness (QED) is 0.350. The predicted octanol–water partition coefficient (Wildman–Crippen LogP) is 5.66. The first kappa shape index (κ1) is 22.5. The minimum absolute atomic E-state index is 0. The van der Waals surface area contributed by atoms with Crippen LogP contribution in [0.25, 0.3) is 0 Å². The topological polar surface area (TPSA) is 0 Å². The van der Waals surface area contributed by atoms with Crippen LogP contribution in [0.5, 0.6) is 0 Å². The van der Waals surface area contributed by atoms with Gasteiger partial charge in [-0.05, 0) is 75.0 Å². The van der Waals surface area contributed by atoms with Gasteiger partial charge in [-0.3, -0.25) is 0 Å². The second-order valence-electron chi connectivity index (χ2n) is 5.82. The van der Waals surface area contributed by atoms with Gasteiger partial charge in [-0.25, -0.2) is 0 Å². The SMILES string of the molecule is C=CC1CCC(C2CCC(C=C)CC2)CC1.[C-]#C.[HH].[HH].[V].[V]. The second kappa shape index (κ2) is 12.9. The largest absolute Gasteiger partial charge is 0.697 e. The van der Waals surface area contributed by atoms with E-state index in [1.54, 1.807) is 0 Å². The summed E-state index contributed by atoms with van der Waals surface area (Å²) in [6.07, 6.45) is 24.8. The van der Waals surface area contributed by atoms with Crippen molar-refractivity contribution in [2.24, 2.45) is 23.7 Å². The number of terminal acetylenes is 1. The van der Waals surface area contributed by atoms with E-state index < -0.39 is 0 Å². The van der Waals surface area contributed by atoms with Crippen molar-refractivity contribution >= 4 is 0 Å². The van der Waals surface area contributed by atoms with Gasteiger partial charge in [-0.2, -0.15) is 0 Å². The van der Waals surface area contributed by atoms with E-state index in [9.17, 15) is 0 Å². The number of allylic oxidation sites excluding steroid dienone is 2. The molecule has 0 spiro atoms. The Labute approximate surface area is 153 Å². The summed E-state index contributed by atoms with van der Waals surface area (Å²) in [6.45, 7) is 7.86. The van der Waals surface area contributed by atoms with E-state index in [2.05, 4.69) is 31.7 Å². The first-order valence-corrected chi connectivity index (χ1v) is 7.37. The molecule has 0 unspecified atom stereocenters. The van der Waals surface area contributed by atoms with Gasteiger partial charge in [0.05, 0.1) is 0 Å². The van der Waals surface area contributed by atoms with Gasteiger partial charge >= 0.3 is 0 Å². The Balaban J connectivity index is -0.000000259. The molecule has 0 aliphatic heterocycles. The zero-order valence-electron chi connectivity index (χ0n) is 12.5. The van der Waals surface area contributed by atoms with Crippen LogP contribution in [0.4, 0.5) is 0 Å². The summed E-state index contributed by atoms with van der Waals surface area (Å²) in [5.74, 6) is 3.70. The minimum atomic E-state index is 0. The van der Waals surface area contributed by atoms with Crippen LogP contribution in [-0.4, -0.2) is 0 Å². The molecule has 0 heterocycles. The molecule has 2 aliphatic rings. The fourth-order valence-electron chi connectivity index (χ4n) is 3.70. The molecule has 2 rings (SSSR count). The summed E-state index contributed by atoms with van der Waals surface area (Å²) >= 11 is 0. The Morgan fingerprint density at radius 3 is 1.15 bits per heavy atom. The van der Waals surface area contributed by atoms with E-state index in [4.69, 9.17) is 6.42 Å². The Bertz CT molecular complexity index is 250. The molecular formula is C18H31V2-. The monoisotopic (exact) mass is 349 g/mol. The van der Waals surface area contributed by atoms with Crippen LogP contribution in [0.3, 0.4) is 0 Å². The molecule has 114 valence electrons. The molecular weight excluding hydrogens is 318 g/mol. The molecule has 0 saturated heterocycles. The van der Waals surface area contributed by atoms with Crippen LogP contribution in [0, 0.1) is 36.5 Å². The molecule has 20 heavy (non-hydrogen) atoms. The zero-order chi connectivity index (χ0) is 13.4. The van der Waals surface area contributed by atoms with E-state index >= 15 is 0 Å². The molecule has 0 aromatic rings. The summed E-state index contributed by atoms with van der Waals surface area (Å²) in [7, 11) is 0. The first-order valence-electron chi connectivity index (χ1n) is 7.37. The van der Waals surface area contributed by atoms with Gasteiger partial charge in [0.25, 0.3) is 0 Å². The molecule has 2 fully saturated rings. The summed E-state index contributed by atoms with van der Waals surface area (Å²) in [5.41, 5.74) is 0. The minimum Gasteiger partial charge on any atom is -0.697 e. The number of hydrogen-bond donors (Lipinski definition) is 0. The third-order valence-corrected chi connectivity index (χ3v) is 4.97. The van der Waals surface area contributed by atoms with Crippen molar-refractivity contribution in [3.63, 3.8) is 0 Å². The molecule has 0 amide bonds. The average Bonchev–Trinajstić information content (AvgIpc) is 2.49. The van der Waals surface area contributed by atoms with Crippen molar-refractivity contribution in [3.05, 3.63) is 31.7 Å². The summed E-state index contributed by atoms with van der Waals surface area (Å²) < 4.78 is 0. The van der Waals surface area contributed by atoms with E-state index in [0.717, 1.165) is 23.7 Å². The van der Waals surface area contributed by atoms with E-state index in [1.807, 2.05) is 0 Å². The molecule has 0 N–H and O–H groups in total. The third kappa shape index (κ3) is 6.78. The van der Waals surface area contributed by atoms with Crippen molar-refractivity contribution in [2.75, 3.05) is 0 Å². The van der Waals surface area contributed by atoms with Crippen LogP contribution >= 0.6 is 0 Å². The van der Waals surface area contributed by atoms with Gasteiger partial charge in [0, 0.05) is 40.0 Å². The summed E-state index contributed by atoms with van der Waals surface area (Å²) in [5, 5.41) is 0. The normalized spacial score (nSPS) is 32.3. The standard InChI is InChI=1S/C16H26.C2H.2V.2H2/c1-3-13-5-9-15(10-6-13)16-11-7-14(4-2)8-12-16;1-2;;;;/h3-4,13-16H,1-2,5-12H2;1H;;;2*1H/q;-1;;;;. The van der Waals surface area contributed by atoms with Crippen LogP contribution in [0.2, 0.25) is 0 Å². The van der Waals surface area contributed by atoms with Crippen LogP contribution in [0.1, 0.15) is 54.2 Å². The molecule has 2 saturated carbocycles. The molecule has 2 heteroatoms. The van der Waals surface area contributed by atoms with E-state index in [-0.39, 0.29) is 40.0 Å². The van der Waals surface area contributed by atoms with Gasteiger partial charge < -0.3 is 12.8 Å². The smallest absolute Gasteiger partial charge is 0 e. The van der Waals surface area contributed by atoms with Crippen LogP contribution in [0.15, 0.2) is 25.3 Å². The molecule has 0 nitrogen and oxygen atoms in total. The Morgan fingerprint density at radius 1 is 0.700 bits per heavy atom. The van der Waals surface area contributed by atoms with Crippen molar-refractivity contribution in [1.29, 1.82) is 0 Å². The Hall–Kier alpha value is 0.209.